The normalized spacial score (nSPS) is 12.5. The molecular weight excluding hydrogens is 628 g/mol. The Labute approximate surface area is 273 Å². The Morgan fingerprint density at radius 3 is 2.31 bits per heavy atom. The molecule has 3 aromatic carbocycles. The van der Waals surface area contributed by atoms with E-state index in [0.717, 1.165) is 18.9 Å². The SMILES string of the molecule is COCCOc1cc2ncnc(Oc3ccc(NC(=O)c4c5n(n(-c6ccc(F)cc6)c4=O)CCCC5)cc3F)c2cc1OCCOC. The van der Waals surface area contributed by atoms with E-state index in [-0.39, 0.29) is 36.1 Å². The average Bonchev–Trinajstić information content (AvgIpc) is 3.38. The highest BCUT2D eigenvalue weighted by Gasteiger charge is 2.28. The van der Waals surface area contributed by atoms with E-state index < -0.39 is 23.1 Å². The molecule has 1 aliphatic rings. The van der Waals surface area contributed by atoms with Crippen molar-refractivity contribution in [2.75, 3.05) is 46.0 Å². The van der Waals surface area contributed by atoms with E-state index in [1.54, 1.807) is 31.0 Å². The number of nitrogens with zero attached hydrogens (tertiary/aromatic N) is 4. The minimum atomic E-state index is -0.779. The lowest BCUT2D eigenvalue weighted by atomic mass is 10.1. The van der Waals surface area contributed by atoms with Gasteiger partial charge in [0.25, 0.3) is 11.5 Å². The molecule has 0 radical (unpaired) electrons. The number of nitrogens with one attached hydrogen (secondary N) is 1. The first-order valence-corrected chi connectivity index (χ1v) is 15.3. The van der Waals surface area contributed by atoms with Crippen LogP contribution in [-0.2, 0) is 22.4 Å². The Morgan fingerprint density at radius 1 is 0.875 bits per heavy atom. The number of benzene rings is 3. The number of aromatic nitrogens is 4. The monoisotopic (exact) mass is 661 g/mol. The Morgan fingerprint density at radius 2 is 1.60 bits per heavy atom. The van der Waals surface area contributed by atoms with Gasteiger partial charge < -0.3 is 29.0 Å². The van der Waals surface area contributed by atoms with Crippen molar-refractivity contribution in [1.82, 2.24) is 19.3 Å². The lowest BCUT2D eigenvalue weighted by Crippen LogP contribution is -2.26. The molecule has 0 spiro atoms. The lowest BCUT2D eigenvalue weighted by Gasteiger charge is -2.19. The molecule has 5 aromatic rings. The lowest BCUT2D eigenvalue weighted by molar-refractivity contribution is 0.102. The molecule has 0 fully saturated rings. The van der Waals surface area contributed by atoms with Crippen LogP contribution in [0.1, 0.15) is 28.9 Å². The molecule has 250 valence electrons. The number of ether oxygens (including phenoxy) is 5. The molecule has 6 rings (SSSR count). The summed E-state index contributed by atoms with van der Waals surface area (Å²) in [4.78, 5) is 35.5. The summed E-state index contributed by atoms with van der Waals surface area (Å²) in [6, 6.07) is 12.7. The molecule has 0 bridgehead atoms. The molecule has 1 amide bonds. The maximum Gasteiger partial charge on any atom is 0.284 e. The molecule has 14 heteroatoms. The maximum absolute atomic E-state index is 15.4. The highest BCUT2D eigenvalue weighted by Crippen LogP contribution is 2.37. The van der Waals surface area contributed by atoms with Crippen molar-refractivity contribution in [2.45, 2.75) is 25.8 Å². The fourth-order valence-electron chi connectivity index (χ4n) is 5.48. The van der Waals surface area contributed by atoms with Gasteiger partial charge in [0.15, 0.2) is 23.1 Å². The van der Waals surface area contributed by atoms with E-state index in [1.165, 1.54) is 47.4 Å². The number of amides is 1. The van der Waals surface area contributed by atoms with Gasteiger partial charge >= 0.3 is 0 Å². The molecule has 3 heterocycles. The van der Waals surface area contributed by atoms with E-state index in [0.29, 0.717) is 60.0 Å². The standard InChI is InChI=1S/C34H33F2N5O7/c1-44-13-15-46-29-18-24-26(19-30(29)47-16-14-45-2)37-20-38-33(24)48-28-11-8-22(17-25(28)36)39-32(42)31-27-5-3-4-12-40(27)41(34(31)43)23-9-6-21(35)7-10-23/h6-11,17-20H,3-5,12-16H2,1-2H3,(H,39,42). The number of hydrogen-bond acceptors (Lipinski definition) is 9. The van der Waals surface area contributed by atoms with Crippen LogP contribution >= 0.6 is 0 Å². The summed E-state index contributed by atoms with van der Waals surface area (Å²) in [5.74, 6) is -1.16. The van der Waals surface area contributed by atoms with Gasteiger partial charge in [0.05, 0.1) is 35.5 Å². The predicted octanol–water partition coefficient (Wildman–Crippen LogP) is 5.29. The van der Waals surface area contributed by atoms with Crippen LogP contribution in [-0.4, -0.2) is 65.9 Å². The highest BCUT2D eigenvalue weighted by atomic mass is 19.1. The van der Waals surface area contributed by atoms with Gasteiger partial charge in [-0.05, 0) is 61.7 Å². The van der Waals surface area contributed by atoms with Crippen LogP contribution in [0.4, 0.5) is 14.5 Å². The van der Waals surface area contributed by atoms with Gasteiger partial charge in [-0.25, -0.2) is 23.4 Å². The third-order valence-electron chi connectivity index (χ3n) is 7.73. The van der Waals surface area contributed by atoms with Crippen molar-refractivity contribution in [3.8, 4) is 28.8 Å². The maximum atomic E-state index is 15.4. The Balaban J connectivity index is 1.25. The first-order chi connectivity index (χ1) is 23.4. The molecular formula is C34H33F2N5O7. The number of carbonyl (C=O) groups is 1. The van der Waals surface area contributed by atoms with Gasteiger partial charge in [-0.3, -0.25) is 14.3 Å². The van der Waals surface area contributed by atoms with Crippen LogP contribution in [0.3, 0.4) is 0 Å². The number of rotatable bonds is 13. The summed E-state index contributed by atoms with van der Waals surface area (Å²) in [5.41, 5.74) is 1.02. The molecule has 0 atom stereocenters. The van der Waals surface area contributed by atoms with Gasteiger partial charge in [0.1, 0.15) is 30.9 Å². The smallest absolute Gasteiger partial charge is 0.284 e. The molecule has 48 heavy (non-hydrogen) atoms. The summed E-state index contributed by atoms with van der Waals surface area (Å²) in [5, 5.41) is 3.09. The molecule has 0 saturated carbocycles. The minimum absolute atomic E-state index is 0.0405. The number of anilines is 1. The van der Waals surface area contributed by atoms with Gasteiger partial charge in [0, 0.05) is 38.6 Å². The zero-order chi connectivity index (χ0) is 33.6. The quantitative estimate of drug-likeness (QED) is 0.167. The predicted molar refractivity (Wildman–Crippen MR) is 172 cm³/mol. The molecule has 1 N–H and O–H groups in total. The number of fused-ring (bicyclic) bond motifs is 2. The van der Waals surface area contributed by atoms with E-state index in [1.807, 2.05) is 0 Å². The fourth-order valence-corrected chi connectivity index (χ4v) is 5.48. The van der Waals surface area contributed by atoms with E-state index in [2.05, 4.69) is 15.3 Å². The first-order valence-electron chi connectivity index (χ1n) is 15.3. The van der Waals surface area contributed by atoms with Gasteiger partial charge in [-0.15, -0.1) is 0 Å². The minimum Gasteiger partial charge on any atom is -0.487 e. The van der Waals surface area contributed by atoms with Crippen molar-refractivity contribution in [2.24, 2.45) is 0 Å². The second-order valence-corrected chi connectivity index (χ2v) is 10.9. The van der Waals surface area contributed by atoms with Crippen molar-refractivity contribution in [3.05, 3.63) is 94.2 Å². The Hall–Kier alpha value is -5.34. The van der Waals surface area contributed by atoms with Crippen LogP contribution < -0.4 is 25.1 Å². The van der Waals surface area contributed by atoms with Crippen molar-refractivity contribution >= 4 is 22.5 Å². The topological polar surface area (TPSA) is 128 Å². The fraction of sp³-hybridized carbons (Fsp3) is 0.294. The molecule has 1 aliphatic heterocycles. The summed E-state index contributed by atoms with van der Waals surface area (Å²) in [7, 11) is 3.13. The van der Waals surface area contributed by atoms with Crippen molar-refractivity contribution in [3.63, 3.8) is 0 Å². The van der Waals surface area contributed by atoms with Crippen LogP contribution in [0.2, 0.25) is 0 Å². The number of carbonyl (C=O) groups excluding carboxylic acids is 1. The Bertz CT molecular complexity index is 2000. The van der Waals surface area contributed by atoms with Crippen LogP contribution in [0.5, 0.6) is 23.1 Å². The Kier molecular flexibility index (Phi) is 9.92. The third kappa shape index (κ3) is 6.85. The largest absolute Gasteiger partial charge is 0.487 e. The average molecular weight is 662 g/mol. The number of methoxy groups -OCH3 is 2. The van der Waals surface area contributed by atoms with Crippen molar-refractivity contribution in [1.29, 1.82) is 0 Å². The van der Waals surface area contributed by atoms with Gasteiger partial charge in [-0.2, -0.15) is 0 Å². The van der Waals surface area contributed by atoms with Gasteiger partial charge in [-0.1, -0.05) is 0 Å². The molecule has 0 saturated heterocycles. The highest BCUT2D eigenvalue weighted by molar-refractivity contribution is 6.05. The van der Waals surface area contributed by atoms with Crippen LogP contribution in [0, 0.1) is 11.6 Å². The molecule has 2 aromatic heterocycles. The summed E-state index contributed by atoms with van der Waals surface area (Å²) < 4.78 is 59.8. The second-order valence-electron chi connectivity index (χ2n) is 10.9. The zero-order valence-electron chi connectivity index (χ0n) is 26.3. The molecule has 0 aliphatic carbocycles. The summed E-state index contributed by atoms with van der Waals surface area (Å²) >= 11 is 0. The molecule has 12 nitrogen and oxygen atoms in total. The molecule has 0 unspecified atom stereocenters. The summed E-state index contributed by atoms with van der Waals surface area (Å²) in [6.45, 7) is 1.76. The first kappa shape index (κ1) is 32.6. The van der Waals surface area contributed by atoms with Gasteiger partial charge in [0.2, 0.25) is 5.88 Å². The van der Waals surface area contributed by atoms with Crippen LogP contribution in [0.25, 0.3) is 16.6 Å². The number of hydrogen-bond donors (Lipinski definition) is 1. The van der Waals surface area contributed by atoms with E-state index in [4.69, 9.17) is 23.7 Å². The second kappa shape index (κ2) is 14.6. The third-order valence-corrected chi connectivity index (χ3v) is 7.73. The van der Waals surface area contributed by atoms with E-state index >= 15 is 4.39 Å². The zero-order valence-corrected chi connectivity index (χ0v) is 26.3. The summed E-state index contributed by atoms with van der Waals surface area (Å²) in [6.07, 6.45) is 3.42. The van der Waals surface area contributed by atoms with Crippen molar-refractivity contribution < 1.29 is 37.3 Å². The number of halogens is 2. The van der Waals surface area contributed by atoms with E-state index in [9.17, 15) is 14.0 Å². The van der Waals surface area contributed by atoms with Crippen LogP contribution in [0.15, 0.2) is 65.7 Å².